The van der Waals surface area contributed by atoms with Crippen molar-refractivity contribution in [2.75, 3.05) is 17.7 Å². The summed E-state index contributed by atoms with van der Waals surface area (Å²) in [6, 6.07) is 12.8. The second-order valence-corrected chi connectivity index (χ2v) is 4.62. The fraction of sp³-hybridized carbons (Fsp3) is 0.133. The van der Waals surface area contributed by atoms with Crippen LogP contribution in [0.2, 0.25) is 5.02 Å². The molecule has 2 rings (SSSR count). The third-order valence-corrected chi connectivity index (χ3v) is 3.21. The van der Waals surface area contributed by atoms with Gasteiger partial charge in [0.15, 0.2) is 0 Å². The number of amides is 1. The van der Waals surface area contributed by atoms with Gasteiger partial charge in [-0.3, -0.25) is 4.79 Å². The van der Waals surface area contributed by atoms with Crippen molar-refractivity contribution in [1.29, 1.82) is 0 Å². The van der Waals surface area contributed by atoms with Gasteiger partial charge in [0.05, 0.1) is 10.7 Å². The molecule has 4 heteroatoms. The van der Waals surface area contributed by atoms with E-state index in [1.807, 2.05) is 38.2 Å². The summed E-state index contributed by atoms with van der Waals surface area (Å²) in [6.45, 7) is 1.91. The fourth-order valence-electron chi connectivity index (χ4n) is 1.76. The first-order valence-corrected chi connectivity index (χ1v) is 6.34. The molecule has 0 aliphatic heterocycles. The van der Waals surface area contributed by atoms with Crippen LogP contribution in [0.1, 0.15) is 15.9 Å². The quantitative estimate of drug-likeness (QED) is 0.890. The summed E-state index contributed by atoms with van der Waals surface area (Å²) >= 11 is 6.08. The normalized spacial score (nSPS) is 10.1. The van der Waals surface area contributed by atoms with Crippen molar-refractivity contribution >= 4 is 28.9 Å². The predicted octanol–water partition coefficient (Wildman–Crippen LogP) is 3.94. The SMILES string of the molecule is CNc1ccc(C(=O)Nc2c(C)cccc2Cl)cc1. The van der Waals surface area contributed by atoms with E-state index >= 15 is 0 Å². The smallest absolute Gasteiger partial charge is 0.255 e. The highest BCUT2D eigenvalue weighted by Gasteiger charge is 2.10. The minimum Gasteiger partial charge on any atom is -0.388 e. The summed E-state index contributed by atoms with van der Waals surface area (Å²) in [6.07, 6.45) is 0. The molecular weight excluding hydrogens is 260 g/mol. The molecule has 2 aromatic carbocycles. The predicted molar refractivity (Wildman–Crippen MR) is 80.1 cm³/mol. The molecule has 19 heavy (non-hydrogen) atoms. The number of carbonyl (C=O) groups is 1. The Balaban J connectivity index is 2.20. The Morgan fingerprint density at radius 2 is 1.79 bits per heavy atom. The first kappa shape index (κ1) is 13.4. The number of rotatable bonds is 3. The molecule has 0 spiro atoms. The van der Waals surface area contributed by atoms with Crippen molar-refractivity contribution in [2.24, 2.45) is 0 Å². The third kappa shape index (κ3) is 3.06. The molecule has 0 unspecified atom stereocenters. The van der Waals surface area contributed by atoms with Crippen LogP contribution >= 0.6 is 11.6 Å². The van der Waals surface area contributed by atoms with E-state index in [4.69, 9.17) is 11.6 Å². The number of carbonyl (C=O) groups excluding carboxylic acids is 1. The third-order valence-electron chi connectivity index (χ3n) is 2.90. The van der Waals surface area contributed by atoms with E-state index in [1.54, 1.807) is 18.2 Å². The zero-order valence-corrected chi connectivity index (χ0v) is 11.6. The molecule has 0 saturated heterocycles. The van der Waals surface area contributed by atoms with Gasteiger partial charge in [0, 0.05) is 18.3 Å². The van der Waals surface area contributed by atoms with E-state index < -0.39 is 0 Å². The lowest BCUT2D eigenvalue weighted by Crippen LogP contribution is -2.13. The zero-order valence-electron chi connectivity index (χ0n) is 10.8. The van der Waals surface area contributed by atoms with Crippen molar-refractivity contribution in [3.05, 3.63) is 58.6 Å². The highest BCUT2D eigenvalue weighted by Crippen LogP contribution is 2.25. The number of benzene rings is 2. The lowest BCUT2D eigenvalue weighted by Gasteiger charge is -2.10. The van der Waals surface area contributed by atoms with Crippen LogP contribution in [-0.2, 0) is 0 Å². The molecule has 0 aliphatic rings. The molecule has 0 aromatic heterocycles. The summed E-state index contributed by atoms with van der Waals surface area (Å²) < 4.78 is 0. The van der Waals surface area contributed by atoms with Crippen LogP contribution in [0, 0.1) is 6.92 Å². The summed E-state index contributed by atoms with van der Waals surface area (Å²) in [7, 11) is 1.84. The molecule has 2 N–H and O–H groups in total. The van der Waals surface area contributed by atoms with Crippen molar-refractivity contribution in [3.63, 3.8) is 0 Å². The van der Waals surface area contributed by atoms with Gasteiger partial charge in [-0.05, 0) is 42.8 Å². The van der Waals surface area contributed by atoms with E-state index in [9.17, 15) is 4.79 Å². The Hall–Kier alpha value is -2.00. The maximum atomic E-state index is 12.1. The topological polar surface area (TPSA) is 41.1 Å². The van der Waals surface area contributed by atoms with Gasteiger partial charge in [-0.15, -0.1) is 0 Å². The number of nitrogens with one attached hydrogen (secondary N) is 2. The Bertz CT molecular complexity index is 573. The number of hydrogen-bond acceptors (Lipinski definition) is 2. The Labute approximate surface area is 117 Å². The van der Waals surface area contributed by atoms with Gasteiger partial charge in [0.25, 0.3) is 5.91 Å². The average molecular weight is 275 g/mol. The molecule has 0 aliphatic carbocycles. The van der Waals surface area contributed by atoms with Crippen molar-refractivity contribution in [3.8, 4) is 0 Å². The van der Waals surface area contributed by atoms with Crippen LogP contribution in [0.4, 0.5) is 11.4 Å². The summed E-state index contributed by atoms with van der Waals surface area (Å²) in [5.74, 6) is -0.168. The van der Waals surface area contributed by atoms with E-state index in [0.717, 1.165) is 11.3 Å². The van der Waals surface area contributed by atoms with Gasteiger partial charge in [-0.25, -0.2) is 0 Å². The first-order valence-electron chi connectivity index (χ1n) is 5.96. The maximum Gasteiger partial charge on any atom is 0.255 e. The van der Waals surface area contributed by atoms with E-state index in [1.165, 1.54) is 0 Å². The molecule has 98 valence electrons. The van der Waals surface area contributed by atoms with Crippen LogP contribution in [-0.4, -0.2) is 13.0 Å². The minimum atomic E-state index is -0.168. The molecule has 0 bridgehead atoms. The van der Waals surface area contributed by atoms with Gasteiger partial charge < -0.3 is 10.6 Å². The standard InChI is InChI=1S/C15H15ClN2O/c1-10-4-3-5-13(16)14(10)18-15(19)11-6-8-12(17-2)9-7-11/h3-9,17H,1-2H3,(H,18,19). The van der Waals surface area contributed by atoms with Crippen LogP contribution in [0.3, 0.4) is 0 Å². The van der Waals surface area contributed by atoms with E-state index in [0.29, 0.717) is 16.3 Å². The van der Waals surface area contributed by atoms with Crippen molar-refractivity contribution in [1.82, 2.24) is 0 Å². The monoisotopic (exact) mass is 274 g/mol. The first-order chi connectivity index (χ1) is 9.11. The van der Waals surface area contributed by atoms with Gasteiger partial charge in [0.2, 0.25) is 0 Å². The van der Waals surface area contributed by atoms with Gasteiger partial charge in [0.1, 0.15) is 0 Å². The number of aryl methyl sites for hydroxylation is 1. The second-order valence-electron chi connectivity index (χ2n) is 4.21. The van der Waals surface area contributed by atoms with Gasteiger partial charge in [-0.2, -0.15) is 0 Å². The van der Waals surface area contributed by atoms with E-state index in [-0.39, 0.29) is 5.91 Å². The van der Waals surface area contributed by atoms with Crippen LogP contribution < -0.4 is 10.6 Å². The number of hydrogen-bond donors (Lipinski definition) is 2. The number of anilines is 2. The van der Waals surface area contributed by atoms with Gasteiger partial charge >= 0.3 is 0 Å². The minimum absolute atomic E-state index is 0.168. The molecule has 2 aromatic rings. The molecule has 0 saturated carbocycles. The summed E-state index contributed by atoms with van der Waals surface area (Å²) in [5.41, 5.74) is 3.16. The van der Waals surface area contributed by atoms with Crippen LogP contribution in [0.15, 0.2) is 42.5 Å². The summed E-state index contributed by atoms with van der Waals surface area (Å²) in [5, 5.41) is 6.39. The number of halogens is 1. The second kappa shape index (κ2) is 5.76. The van der Waals surface area contributed by atoms with Crippen molar-refractivity contribution in [2.45, 2.75) is 6.92 Å². The van der Waals surface area contributed by atoms with E-state index in [2.05, 4.69) is 10.6 Å². The molecule has 0 radical (unpaired) electrons. The lowest BCUT2D eigenvalue weighted by atomic mass is 10.1. The molecule has 3 nitrogen and oxygen atoms in total. The Kier molecular flexibility index (Phi) is 4.07. The van der Waals surface area contributed by atoms with Crippen molar-refractivity contribution < 1.29 is 4.79 Å². The molecule has 0 fully saturated rings. The molecule has 1 amide bonds. The molecule has 0 atom stereocenters. The highest BCUT2D eigenvalue weighted by molar-refractivity contribution is 6.34. The van der Waals surface area contributed by atoms with Gasteiger partial charge in [-0.1, -0.05) is 23.7 Å². The largest absolute Gasteiger partial charge is 0.388 e. The maximum absolute atomic E-state index is 12.1. The average Bonchev–Trinajstić information content (AvgIpc) is 2.43. The summed E-state index contributed by atoms with van der Waals surface area (Å²) in [4.78, 5) is 12.1. The number of para-hydroxylation sites is 1. The molecule has 0 heterocycles. The lowest BCUT2D eigenvalue weighted by molar-refractivity contribution is 0.102. The molecular formula is C15H15ClN2O. The fourth-order valence-corrected chi connectivity index (χ4v) is 2.03. The highest BCUT2D eigenvalue weighted by atomic mass is 35.5. The zero-order chi connectivity index (χ0) is 13.8. The van der Waals surface area contributed by atoms with Crippen LogP contribution in [0.5, 0.6) is 0 Å². The Morgan fingerprint density at radius 3 is 2.37 bits per heavy atom. The Morgan fingerprint density at radius 1 is 1.11 bits per heavy atom. The van der Waals surface area contributed by atoms with Crippen LogP contribution in [0.25, 0.3) is 0 Å².